The number of hydrogen-bond donors (Lipinski definition) is 1. The average molecular weight is 375 g/mol. The quantitative estimate of drug-likeness (QED) is 0.644. The molecule has 27 heavy (non-hydrogen) atoms. The van der Waals surface area contributed by atoms with Crippen molar-refractivity contribution in [3.63, 3.8) is 0 Å². The lowest BCUT2D eigenvalue weighted by molar-refractivity contribution is -0.274. The first kappa shape index (κ1) is 18.2. The molecule has 8 heteroatoms. The Labute approximate surface area is 151 Å². The molecular weight excluding hydrogens is 363 g/mol. The number of anilines is 1. The van der Waals surface area contributed by atoms with E-state index >= 15 is 0 Å². The third kappa shape index (κ3) is 4.75. The zero-order chi connectivity index (χ0) is 19.4. The van der Waals surface area contributed by atoms with Crippen molar-refractivity contribution in [1.29, 1.82) is 0 Å². The van der Waals surface area contributed by atoms with E-state index in [1.54, 1.807) is 30.3 Å². The molecular formula is C19H12F3NO4. The van der Waals surface area contributed by atoms with Crippen LogP contribution < -0.4 is 10.1 Å². The smallest absolute Gasteiger partial charge is 0.453 e. The van der Waals surface area contributed by atoms with E-state index in [1.807, 2.05) is 0 Å². The van der Waals surface area contributed by atoms with Crippen LogP contribution in [0.3, 0.4) is 0 Å². The molecule has 0 aliphatic rings. The van der Waals surface area contributed by atoms with Gasteiger partial charge in [0.15, 0.2) is 12.0 Å². The minimum atomic E-state index is -4.78. The van der Waals surface area contributed by atoms with Gasteiger partial charge in [0.1, 0.15) is 11.5 Å². The molecule has 0 radical (unpaired) electrons. The zero-order valence-corrected chi connectivity index (χ0v) is 13.6. The Morgan fingerprint density at radius 3 is 2.41 bits per heavy atom. The Morgan fingerprint density at radius 2 is 1.78 bits per heavy atom. The summed E-state index contributed by atoms with van der Waals surface area (Å²) in [6, 6.07) is 14.4. The molecule has 0 unspecified atom stereocenters. The summed E-state index contributed by atoms with van der Waals surface area (Å²) in [7, 11) is 0. The molecule has 0 aliphatic heterocycles. The van der Waals surface area contributed by atoms with Crippen molar-refractivity contribution < 1.29 is 31.9 Å². The Morgan fingerprint density at radius 1 is 1.04 bits per heavy atom. The number of carbonyl (C=O) groups excluding carboxylic acids is 2. The molecule has 1 N–H and O–H groups in total. The predicted octanol–water partition coefficient (Wildman–Crippen LogP) is 4.91. The van der Waals surface area contributed by atoms with Crippen LogP contribution in [0.25, 0.3) is 11.3 Å². The fourth-order valence-electron chi connectivity index (χ4n) is 2.33. The fourth-order valence-corrected chi connectivity index (χ4v) is 2.33. The van der Waals surface area contributed by atoms with E-state index < -0.39 is 12.3 Å². The molecule has 1 heterocycles. The Bertz CT molecular complexity index is 962. The van der Waals surface area contributed by atoms with Gasteiger partial charge in [-0.2, -0.15) is 0 Å². The van der Waals surface area contributed by atoms with Crippen molar-refractivity contribution in [3.05, 3.63) is 72.0 Å². The van der Waals surface area contributed by atoms with E-state index in [9.17, 15) is 22.8 Å². The van der Waals surface area contributed by atoms with Gasteiger partial charge in [-0.15, -0.1) is 13.2 Å². The number of rotatable bonds is 5. The number of amides is 1. The molecule has 0 bridgehead atoms. The van der Waals surface area contributed by atoms with Crippen molar-refractivity contribution >= 4 is 17.9 Å². The summed E-state index contributed by atoms with van der Waals surface area (Å²) in [5.41, 5.74) is 1.22. The van der Waals surface area contributed by atoms with Crippen LogP contribution in [-0.2, 0) is 0 Å². The summed E-state index contributed by atoms with van der Waals surface area (Å²) >= 11 is 0. The molecule has 5 nitrogen and oxygen atoms in total. The largest absolute Gasteiger partial charge is 0.573 e. The number of ether oxygens (including phenoxy) is 1. The summed E-state index contributed by atoms with van der Waals surface area (Å²) in [5, 5.41) is 2.58. The maximum Gasteiger partial charge on any atom is 0.573 e. The first-order valence-electron chi connectivity index (χ1n) is 7.67. The molecule has 1 amide bonds. The predicted molar refractivity (Wildman–Crippen MR) is 90.6 cm³/mol. The van der Waals surface area contributed by atoms with Crippen molar-refractivity contribution in [2.75, 3.05) is 5.32 Å². The normalized spacial score (nSPS) is 11.1. The van der Waals surface area contributed by atoms with E-state index in [1.165, 1.54) is 18.2 Å². The van der Waals surface area contributed by atoms with Crippen molar-refractivity contribution in [2.45, 2.75) is 6.36 Å². The number of furan rings is 1. The summed E-state index contributed by atoms with van der Waals surface area (Å²) in [6.07, 6.45) is -4.20. The molecule has 0 spiro atoms. The first-order chi connectivity index (χ1) is 12.8. The highest BCUT2D eigenvalue weighted by atomic mass is 19.4. The maximum atomic E-state index is 12.4. The van der Waals surface area contributed by atoms with Crippen LogP contribution >= 0.6 is 0 Å². The van der Waals surface area contributed by atoms with E-state index in [2.05, 4.69) is 10.1 Å². The van der Waals surface area contributed by atoms with E-state index in [4.69, 9.17) is 4.42 Å². The van der Waals surface area contributed by atoms with Crippen LogP contribution in [0.2, 0.25) is 0 Å². The molecule has 0 aliphatic carbocycles. The fraction of sp³-hybridized carbons (Fsp3) is 0.0526. The number of halogens is 3. The summed E-state index contributed by atoms with van der Waals surface area (Å²) in [6.45, 7) is 0. The van der Waals surface area contributed by atoms with Crippen LogP contribution in [0.5, 0.6) is 5.75 Å². The number of hydrogen-bond acceptors (Lipinski definition) is 4. The van der Waals surface area contributed by atoms with Gasteiger partial charge in [0, 0.05) is 16.8 Å². The highest BCUT2D eigenvalue weighted by molar-refractivity contribution is 6.04. The number of benzene rings is 2. The number of aldehydes is 1. The van der Waals surface area contributed by atoms with Crippen LogP contribution in [0, 0.1) is 0 Å². The lowest BCUT2D eigenvalue weighted by Gasteiger charge is -2.10. The average Bonchev–Trinajstić information content (AvgIpc) is 3.11. The minimum absolute atomic E-state index is 0.168. The van der Waals surface area contributed by atoms with Gasteiger partial charge in [-0.05, 0) is 48.5 Å². The monoisotopic (exact) mass is 375 g/mol. The van der Waals surface area contributed by atoms with Crippen LogP contribution in [0.4, 0.5) is 18.9 Å². The molecule has 1 aromatic heterocycles. The second kappa shape index (κ2) is 7.36. The highest BCUT2D eigenvalue weighted by Crippen LogP contribution is 2.25. The topological polar surface area (TPSA) is 68.5 Å². The van der Waals surface area contributed by atoms with Gasteiger partial charge in [-0.3, -0.25) is 9.59 Å². The molecule has 0 saturated heterocycles. The maximum absolute atomic E-state index is 12.4. The lowest BCUT2D eigenvalue weighted by atomic mass is 10.1. The van der Waals surface area contributed by atoms with Gasteiger partial charge >= 0.3 is 6.36 Å². The molecule has 0 fully saturated rings. The zero-order valence-electron chi connectivity index (χ0n) is 13.6. The molecule has 0 saturated carbocycles. The molecule has 138 valence electrons. The molecule has 3 aromatic rings. The third-order valence-electron chi connectivity index (χ3n) is 3.50. The Kier molecular flexibility index (Phi) is 4.98. The number of alkyl halides is 3. The van der Waals surface area contributed by atoms with Crippen LogP contribution in [-0.4, -0.2) is 18.6 Å². The number of carbonyl (C=O) groups is 2. The molecule has 2 aromatic carbocycles. The van der Waals surface area contributed by atoms with Gasteiger partial charge in [-0.1, -0.05) is 12.1 Å². The second-order valence-electron chi connectivity index (χ2n) is 5.43. The van der Waals surface area contributed by atoms with Crippen LogP contribution in [0.1, 0.15) is 20.9 Å². The Balaban J connectivity index is 1.72. The van der Waals surface area contributed by atoms with E-state index in [0.29, 0.717) is 28.9 Å². The van der Waals surface area contributed by atoms with Gasteiger partial charge in [-0.25, -0.2) is 0 Å². The standard InChI is InChI=1S/C19H12F3NO4/c20-19(21,22)27-15-6-4-14(5-7-15)23-18(25)13-3-1-2-12(10-13)17-9-8-16(11-24)26-17/h1-11H,(H,23,25). The summed E-state index contributed by atoms with van der Waals surface area (Å²) in [4.78, 5) is 23.1. The van der Waals surface area contributed by atoms with Gasteiger partial charge in [0.25, 0.3) is 5.91 Å². The van der Waals surface area contributed by atoms with E-state index in [-0.39, 0.29) is 11.5 Å². The molecule has 0 atom stereocenters. The van der Waals surface area contributed by atoms with Gasteiger partial charge in [0.2, 0.25) is 0 Å². The second-order valence-corrected chi connectivity index (χ2v) is 5.43. The highest BCUT2D eigenvalue weighted by Gasteiger charge is 2.30. The van der Waals surface area contributed by atoms with E-state index in [0.717, 1.165) is 12.1 Å². The lowest BCUT2D eigenvalue weighted by Crippen LogP contribution is -2.17. The SMILES string of the molecule is O=Cc1ccc(-c2cccc(C(=O)Nc3ccc(OC(F)(F)F)cc3)c2)o1. The van der Waals surface area contributed by atoms with Crippen LogP contribution in [0.15, 0.2) is 65.1 Å². The summed E-state index contributed by atoms with van der Waals surface area (Å²) < 4.78 is 45.6. The van der Waals surface area contributed by atoms with Gasteiger partial charge < -0.3 is 14.5 Å². The van der Waals surface area contributed by atoms with Crippen molar-refractivity contribution in [2.24, 2.45) is 0 Å². The van der Waals surface area contributed by atoms with Crippen molar-refractivity contribution in [3.8, 4) is 17.1 Å². The Hall–Kier alpha value is -3.55. The molecule has 3 rings (SSSR count). The van der Waals surface area contributed by atoms with Crippen molar-refractivity contribution in [1.82, 2.24) is 0 Å². The minimum Gasteiger partial charge on any atom is -0.453 e. The third-order valence-corrected chi connectivity index (χ3v) is 3.50. The number of nitrogens with one attached hydrogen (secondary N) is 1. The van der Waals surface area contributed by atoms with Gasteiger partial charge in [0.05, 0.1) is 0 Å². The summed E-state index contributed by atoms with van der Waals surface area (Å²) in [5.74, 6) is -0.240. The first-order valence-corrected chi connectivity index (χ1v) is 7.67.